The number of fused-ring (bicyclic) bond motifs is 4. The van der Waals surface area contributed by atoms with Crippen LogP contribution in [0.25, 0.3) is 0 Å². The molecule has 0 aliphatic carbocycles. The maximum absolute atomic E-state index is 13.5. The van der Waals surface area contributed by atoms with Crippen LogP contribution >= 0.6 is 0 Å². The number of anilines is 1. The van der Waals surface area contributed by atoms with E-state index in [1.807, 2.05) is 43.3 Å². The van der Waals surface area contributed by atoms with Crippen LogP contribution in [-0.4, -0.2) is 29.2 Å². The minimum Gasteiger partial charge on any atom is -0.485 e. The minimum atomic E-state index is -0.989. The van der Waals surface area contributed by atoms with Gasteiger partial charge in [0.25, 0.3) is 5.91 Å². The summed E-state index contributed by atoms with van der Waals surface area (Å²) >= 11 is 0. The Kier molecular flexibility index (Phi) is 7.05. The molecule has 3 aromatic carbocycles. The van der Waals surface area contributed by atoms with Crippen LogP contribution in [-0.2, 0) is 13.0 Å². The summed E-state index contributed by atoms with van der Waals surface area (Å²) in [6, 6.07) is 24.4. The van der Waals surface area contributed by atoms with Crippen LogP contribution in [0.2, 0.25) is 0 Å². The predicted octanol–water partition coefficient (Wildman–Crippen LogP) is 5.71. The van der Waals surface area contributed by atoms with Crippen molar-refractivity contribution in [3.05, 3.63) is 119 Å². The Morgan fingerprint density at radius 1 is 1.07 bits per heavy atom. The zero-order valence-corrected chi connectivity index (χ0v) is 23.1. The lowest BCUT2D eigenvalue weighted by atomic mass is 9.89. The summed E-state index contributed by atoms with van der Waals surface area (Å²) in [5.41, 5.74) is 4.30. The van der Waals surface area contributed by atoms with Crippen LogP contribution in [0.5, 0.6) is 11.5 Å². The van der Waals surface area contributed by atoms with Gasteiger partial charge in [-0.05, 0) is 67.8 Å². The summed E-state index contributed by atoms with van der Waals surface area (Å²) in [5.74, 6) is 1.02. The van der Waals surface area contributed by atoms with E-state index in [0.29, 0.717) is 42.3 Å². The number of hydrogen-bond acceptors (Lipinski definition) is 5. The highest BCUT2D eigenvalue weighted by Crippen LogP contribution is 2.49. The van der Waals surface area contributed by atoms with E-state index in [4.69, 9.17) is 9.47 Å². The molecule has 208 valence electrons. The third-order valence-electron chi connectivity index (χ3n) is 7.59. The fourth-order valence-electron chi connectivity index (χ4n) is 5.47. The average molecular weight is 549 g/mol. The molecule has 0 spiro atoms. The molecule has 6 rings (SSSR count). The first kappa shape index (κ1) is 26.4. The number of carbonyl (C=O) groups excluding carboxylic acids is 2. The quantitative estimate of drug-likeness (QED) is 0.294. The smallest absolute Gasteiger partial charge is 0.325 e. The number of rotatable bonds is 8. The molecule has 1 aromatic heterocycles. The Labute approximate surface area is 239 Å². The molecule has 2 bridgehead atoms. The molecule has 0 radical (unpaired) electrons. The van der Waals surface area contributed by atoms with Crippen LogP contribution in [0.15, 0.2) is 91.3 Å². The molecule has 4 aromatic rings. The van der Waals surface area contributed by atoms with Gasteiger partial charge in [0.05, 0.1) is 11.7 Å². The summed E-state index contributed by atoms with van der Waals surface area (Å²) in [4.78, 5) is 32.1. The van der Waals surface area contributed by atoms with Gasteiger partial charge in [0.2, 0.25) is 0 Å². The number of carbonyl (C=O) groups is 2. The van der Waals surface area contributed by atoms with Crippen molar-refractivity contribution in [1.29, 1.82) is 0 Å². The number of hydrogen-bond donors (Lipinski definition) is 2. The monoisotopic (exact) mass is 548 g/mol. The molecule has 3 amide bonds. The van der Waals surface area contributed by atoms with Crippen molar-refractivity contribution in [2.45, 2.75) is 45.1 Å². The van der Waals surface area contributed by atoms with Gasteiger partial charge in [0, 0.05) is 36.5 Å². The van der Waals surface area contributed by atoms with Crippen LogP contribution in [0.4, 0.5) is 10.5 Å². The normalized spacial score (nSPS) is 19.0. The van der Waals surface area contributed by atoms with Crippen molar-refractivity contribution in [2.75, 3.05) is 11.4 Å². The molecular weight excluding hydrogens is 516 g/mol. The van der Waals surface area contributed by atoms with Crippen molar-refractivity contribution < 1.29 is 19.1 Å². The van der Waals surface area contributed by atoms with Crippen LogP contribution < -0.4 is 25.0 Å². The number of amides is 3. The van der Waals surface area contributed by atoms with Gasteiger partial charge in [-0.25, -0.2) is 4.79 Å². The Bertz CT molecular complexity index is 1570. The molecular formula is C33H32N4O4. The van der Waals surface area contributed by atoms with Gasteiger partial charge in [-0.15, -0.1) is 0 Å². The van der Waals surface area contributed by atoms with E-state index < -0.39 is 5.72 Å². The molecule has 2 N–H and O–H groups in total. The van der Waals surface area contributed by atoms with Gasteiger partial charge in [-0.2, -0.15) is 0 Å². The number of nitrogens with zero attached hydrogens (tertiary/aromatic N) is 2. The van der Waals surface area contributed by atoms with E-state index in [1.54, 1.807) is 35.5 Å². The number of urea groups is 1. The molecule has 0 saturated carbocycles. The van der Waals surface area contributed by atoms with Gasteiger partial charge >= 0.3 is 6.03 Å². The van der Waals surface area contributed by atoms with Gasteiger partial charge in [0.15, 0.2) is 17.2 Å². The minimum absolute atomic E-state index is 0.193. The lowest BCUT2D eigenvalue weighted by Crippen LogP contribution is -2.65. The molecule has 2 aliphatic heterocycles. The van der Waals surface area contributed by atoms with E-state index in [2.05, 4.69) is 46.8 Å². The molecule has 1 fully saturated rings. The van der Waals surface area contributed by atoms with Crippen LogP contribution in [0.1, 0.15) is 52.0 Å². The number of para-hydroxylation sites is 1. The highest BCUT2D eigenvalue weighted by molar-refractivity contribution is 5.99. The first-order valence-electron chi connectivity index (χ1n) is 13.8. The van der Waals surface area contributed by atoms with Crippen LogP contribution in [0.3, 0.4) is 0 Å². The number of benzene rings is 3. The van der Waals surface area contributed by atoms with Gasteiger partial charge < -0.3 is 20.1 Å². The summed E-state index contributed by atoms with van der Waals surface area (Å²) < 4.78 is 12.8. The highest BCUT2D eigenvalue weighted by atomic mass is 16.5. The largest absolute Gasteiger partial charge is 0.485 e. The molecule has 1 saturated heterocycles. The third-order valence-corrected chi connectivity index (χ3v) is 7.59. The van der Waals surface area contributed by atoms with Gasteiger partial charge in [-0.1, -0.05) is 48.0 Å². The second kappa shape index (κ2) is 11.0. The maximum Gasteiger partial charge on any atom is 0.325 e. The number of aryl methyl sites for hydroxylation is 1. The Balaban J connectivity index is 1.20. The van der Waals surface area contributed by atoms with E-state index >= 15 is 0 Å². The Hall–Kier alpha value is -4.85. The zero-order chi connectivity index (χ0) is 28.4. The molecule has 41 heavy (non-hydrogen) atoms. The highest BCUT2D eigenvalue weighted by Gasteiger charge is 2.50. The second-order valence-corrected chi connectivity index (χ2v) is 10.7. The summed E-state index contributed by atoms with van der Waals surface area (Å²) in [7, 11) is 0. The summed E-state index contributed by atoms with van der Waals surface area (Å²) in [6.45, 7) is 4.82. The first-order valence-corrected chi connectivity index (χ1v) is 13.8. The molecule has 2 aliphatic rings. The van der Waals surface area contributed by atoms with E-state index in [0.717, 1.165) is 23.1 Å². The summed E-state index contributed by atoms with van der Waals surface area (Å²) in [6.07, 6.45) is 4.73. The molecule has 8 heteroatoms. The number of pyridine rings is 1. The second-order valence-electron chi connectivity index (χ2n) is 10.7. The Morgan fingerprint density at radius 2 is 1.85 bits per heavy atom. The van der Waals surface area contributed by atoms with E-state index in [-0.39, 0.29) is 18.0 Å². The lowest BCUT2D eigenvalue weighted by Gasteiger charge is -2.50. The molecule has 2 atom stereocenters. The zero-order valence-electron chi connectivity index (χ0n) is 23.1. The van der Waals surface area contributed by atoms with Crippen molar-refractivity contribution in [2.24, 2.45) is 0 Å². The van der Waals surface area contributed by atoms with Crippen molar-refractivity contribution in [3.8, 4) is 11.5 Å². The first-order chi connectivity index (χ1) is 19.9. The number of aromatic nitrogens is 1. The molecule has 2 unspecified atom stereocenters. The predicted molar refractivity (Wildman–Crippen MR) is 156 cm³/mol. The van der Waals surface area contributed by atoms with Gasteiger partial charge in [-0.3, -0.25) is 14.7 Å². The van der Waals surface area contributed by atoms with Crippen molar-refractivity contribution in [1.82, 2.24) is 15.6 Å². The fraction of sp³-hybridized carbons (Fsp3) is 0.242. The van der Waals surface area contributed by atoms with E-state index in [1.165, 1.54) is 5.56 Å². The van der Waals surface area contributed by atoms with Crippen molar-refractivity contribution in [3.63, 3.8) is 0 Å². The number of ether oxygens (including phenoxy) is 2. The summed E-state index contributed by atoms with van der Waals surface area (Å²) in [5, 5.41) is 6.12. The fourth-order valence-corrected chi connectivity index (χ4v) is 5.47. The van der Waals surface area contributed by atoms with Crippen LogP contribution in [0, 0.1) is 6.92 Å². The standard InChI is InChI=1S/C33H32N4O4/c1-22-9-11-23(12-10-22)15-18-35-31(38)25-5-3-6-26(19-25)37-32(39)36-28-20-33(37,2)41-30-27(28)7-4-8-29(30)40-21-24-13-16-34-17-14-24/h3-14,16-17,19,28H,15,18,20-21H2,1-2H3,(H,35,38)(H,36,39). The topological polar surface area (TPSA) is 92.8 Å². The molecule has 3 heterocycles. The van der Waals surface area contributed by atoms with Gasteiger partial charge in [0.1, 0.15) is 6.61 Å². The average Bonchev–Trinajstić information content (AvgIpc) is 2.97. The van der Waals surface area contributed by atoms with E-state index in [9.17, 15) is 9.59 Å². The molecule has 8 nitrogen and oxygen atoms in total. The Morgan fingerprint density at radius 3 is 2.66 bits per heavy atom. The number of nitrogens with one attached hydrogen (secondary N) is 2. The van der Waals surface area contributed by atoms with Crippen molar-refractivity contribution >= 4 is 17.6 Å². The SMILES string of the molecule is Cc1ccc(CCNC(=O)c2cccc(N3C(=O)NC4CC3(C)Oc3c(OCc5ccncc5)cccc34)c2)cc1. The lowest BCUT2D eigenvalue weighted by molar-refractivity contribution is 0.0338. The maximum atomic E-state index is 13.5. The third kappa shape index (κ3) is 5.45.